The van der Waals surface area contributed by atoms with Crippen LogP contribution in [0.3, 0.4) is 0 Å². The molecule has 0 bridgehead atoms. The molecule has 1 saturated heterocycles. The molecule has 0 saturated carbocycles. The Labute approximate surface area is 123 Å². The fourth-order valence-corrected chi connectivity index (χ4v) is 2.22. The summed E-state index contributed by atoms with van der Waals surface area (Å²) in [6.07, 6.45) is 2.95. The van der Waals surface area contributed by atoms with Gasteiger partial charge in [0.25, 0.3) is 5.69 Å². The molecule has 1 aromatic carbocycles. The van der Waals surface area contributed by atoms with Gasteiger partial charge >= 0.3 is 0 Å². The van der Waals surface area contributed by atoms with Crippen LogP contribution in [-0.2, 0) is 11.3 Å². The second-order valence-corrected chi connectivity index (χ2v) is 4.61. The Morgan fingerprint density at radius 3 is 2.80 bits per heavy atom. The highest BCUT2D eigenvalue weighted by atomic mass is 35.5. The molecule has 1 fully saturated rings. The SMILES string of the molecule is Cl.O=C(NCc1ccccc1[N+](=O)[O-])[C@H]1CCCCN1. The van der Waals surface area contributed by atoms with Crippen LogP contribution in [0.2, 0.25) is 0 Å². The minimum Gasteiger partial charge on any atom is -0.350 e. The second-order valence-electron chi connectivity index (χ2n) is 4.61. The molecular formula is C13H18ClN3O3. The molecule has 1 aliphatic heterocycles. The van der Waals surface area contributed by atoms with Crippen LogP contribution in [0.4, 0.5) is 5.69 Å². The van der Waals surface area contributed by atoms with Gasteiger partial charge in [0.15, 0.2) is 0 Å². The maximum atomic E-state index is 11.9. The number of carbonyl (C=O) groups is 1. The summed E-state index contributed by atoms with van der Waals surface area (Å²) in [6, 6.07) is 6.28. The van der Waals surface area contributed by atoms with Gasteiger partial charge in [-0.15, -0.1) is 12.4 Å². The average molecular weight is 300 g/mol. The largest absolute Gasteiger partial charge is 0.350 e. The van der Waals surface area contributed by atoms with Gasteiger partial charge in [0, 0.05) is 18.2 Å². The van der Waals surface area contributed by atoms with Crippen LogP contribution in [0.1, 0.15) is 24.8 Å². The molecule has 20 heavy (non-hydrogen) atoms. The van der Waals surface area contributed by atoms with E-state index in [9.17, 15) is 14.9 Å². The number of carbonyl (C=O) groups excluding carboxylic acids is 1. The lowest BCUT2D eigenvalue weighted by Gasteiger charge is -2.22. The van der Waals surface area contributed by atoms with E-state index in [-0.39, 0.29) is 36.6 Å². The molecule has 1 aromatic rings. The Balaban J connectivity index is 0.00000200. The average Bonchev–Trinajstić information content (AvgIpc) is 2.46. The van der Waals surface area contributed by atoms with Crippen molar-refractivity contribution in [2.45, 2.75) is 31.8 Å². The number of nitro benzene ring substituents is 1. The van der Waals surface area contributed by atoms with E-state index in [1.54, 1.807) is 18.2 Å². The molecule has 0 unspecified atom stereocenters. The van der Waals surface area contributed by atoms with Gasteiger partial charge in [0.1, 0.15) is 0 Å². The fourth-order valence-electron chi connectivity index (χ4n) is 2.22. The van der Waals surface area contributed by atoms with Crippen molar-refractivity contribution < 1.29 is 9.72 Å². The Morgan fingerprint density at radius 2 is 2.15 bits per heavy atom. The number of nitrogens with one attached hydrogen (secondary N) is 2. The summed E-state index contributed by atoms with van der Waals surface area (Å²) in [5.41, 5.74) is 0.566. The molecule has 0 spiro atoms. The van der Waals surface area contributed by atoms with E-state index in [1.807, 2.05) is 0 Å². The van der Waals surface area contributed by atoms with E-state index in [0.717, 1.165) is 25.8 Å². The summed E-state index contributed by atoms with van der Waals surface area (Å²) >= 11 is 0. The Bertz CT molecular complexity index is 476. The zero-order valence-electron chi connectivity index (χ0n) is 11.0. The lowest BCUT2D eigenvalue weighted by molar-refractivity contribution is -0.385. The normalized spacial score (nSPS) is 17.9. The Kier molecular flexibility index (Phi) is 6.41. The van der Waals surface area contributed by atoms with Crippen molar-refractivity contribution >= 4 is 24.0 Å². The third-order valence-corrected chi connectivity index (χ3v) is 3.27. The predicted octanol–water partition coefficient (Wildman–Crippen LogP) is 1.77. The van der Waals surface area contributed by atoms with Crippen LogP contribution >= 0.6 is 12.4 Å². The third-order valence-electron chi connectivity index (χ3n) is 3.27. The van der Waals surface area contributed by atoms with Gasteiger partial charge in [-0.25, -0.2) is 0 Å². The molecule has 6 nitrogen and oxygen atoms in total. The standard InChI is InChI=1S/C13H17N3O3.ClH/c17-13(11-6-3-4-8-14-11)15-9-10-5-1-2-7-12(10)16(18)19;/h1-2,5,7,11,14H,3-4,6,8-9H2,(H,15,17);1H/t11-;/m1./s1. The first-order valence-corrected chi connectivity index (χ1v) is 6.42. The van der Waals surface area contributed by atoms with Crippen LogP contribution in [0.5, 0.6) is 0 Å². The number of para-hydroxylation sites is 1. The summed E-state index contributed by atoms with van der Waals surface area (Å²) in [6.45, 7) is 1.04. The van der Waals surface area contributed by atoms with Gasteiger partial charge in [-0.3, -0.25) is 14.9 Å². The van der Waals surface area contributed by atoms with E-state index in [0.29, 0.717) is 5.56 Å². The minimum atomic E-state index is -0.430. The van der Waals surface area contributed by atoms with E-state index in [4.69, 9.17) is 0 Å². The van der Waals surface area contributed by atoms with E-state index >= 15 is 0 Å². The quantitative estimate of drug-likeness (QED) is 0.655. The molecule has 1 amide bonds. The molecule has 1 atom stereocenters. The minimum absolute atomic E-state index is 0. The zero-order valence-corrected chi connectivity index (χ0v) is 11.8. The molecule has 1 heterocycles. The number of hydrogen-bond donors (Lipinski definition) is 2. The van der Waals surface area contributed by atoms with Crippen LogP contribution < -0.4 is 10.6 Å². The second kappa shape index (κ2) is 7.81. The molecule has 0 radical (unpaired) electrons. The number of nitro groups is 1. The predicted molar refractivity (Wildman–Crippen MR) is 77.8 cm³/mol. The maximum Gasteiger partial charge on any atom is 0.274 e. The molecule has 2 N–H and O–H groups in total. The molecule has 110 valence electrons. The highest BCUT2D eigenvalue weighted by Gasteiger charge is 2.21. The number of halogens is 1. The maximum absolute atomic E-state index is 11.9. The molecule has 2 rings (SSSR count). The van der Waals surface area contributed by atoms with Gasteiger partial charge in [-0.1, -0.05) is 24.6 Å². The van der Waals surface area contributed by atoms with E-state index in [1.165, 1.54) is 6.07 Å². The first-order chi connectivity index (χ1) is 9.18. The summed E-state index contributed by atoms with van der Waals surface area (Å²) in [5, 5.41) is 16.8. The van der Waals surface area contributed by atoms with Crippen molar-refractivity contribution in [2.75, 3.05) is 6.54 Å². The molecule has 1 aliphatic rings. The number of hydrogen-bond acceptors (Lipinski definition) is 4. The van der Waals surface area contributed by atoms with Crippen LogP contribution in [-0.4, -0.2) is 23.4 Å². The van der Waals surface area contributed by atoms with Crippen molar-refractivity contribution in [2.24, 2.45) is 0 Å². The third kappa shape index (κ3) is 4.18. The molecule has 0 aliphatic carbocycles. The Hall–Kier alpha value is -1.66. The van der Waals surface area contributed by atoms with Crippen LogP contribution in [0.25, 0.3) is 0 Å². The fraction of sp³-hybridized carbons (Fsp3) is 0.462. The highest BCUT2D eigenvalue weighted by molar-refractivity contribution is 5.85. The van der Waals surface area contributed by atoms with Crippen molar-refractivity contribution in [3.8, 4) is 0 Å². The number of piperidine rings is 1. The van der Waals surface area contributed by atoms with Crippen molar-refractivity contribution in [1.29, 1.82) is 0 Å². The summed E-state index contributed by atoms with van der Waals surface area (Å²) in [7, 11) is 0. The van der Waals surface area contributed by atoms with E-state index < -0.39 is 4.92 Å². The smallest absolute Gasteiger partial charge is 0.274 e. The van der Waals surface area contributed by atoms with E-state index in [2.05, 4.69) is 10.6 Å². The number of amides is 1. The first kappa shape index (κ1) is 16.4. The summed E-state index contributed by atoms with van der Waals surface area (Å²) in [5.74, 6) is -0.0853. The number of nitrogens with zero attached hydrogens (tertiary/aromatic N) is 1. The molecule has 0 aromatic heterocycles. The van der Waals surface area contributed by atoms with Gasteiger partial charge < -0.3 is 10.6 Å². The summed E-state index contributed by atoms with van der Waals surface area (Å²) in [4.78, 5) is 22.3. The number of rotatable bonds is 4. The van der Waals surface area contributed by atoms with Crippen LogP contribution in [0, 0.1) is 10.1 Å². The zero-order chi connectivity index (χ0) is 13.7. The van der Waals surface area contributed by atoms with Gasteiger partial charge in [-0.2, -0.15) is 0 Å². The molecular weight excluding hydrogens is 282 g/mol. The van der Waals surface area contributed by atoms with Crippen molar-refractivity contribution in [3.63, 3.8) is 0 Å². The van der Waals surface area contributed by atoms with Gasteiger partial charge in [-0.05, 0) is 19.4 Å². The highest BCUT2D eigenvalue weighted by Crippen LogP contribution is 2.17. The van der Waals surface area contributed by atoms with Crippen LogP contribution in [0.15, 0.2) is 24.3 Å². The first-order valence-electron chi connectivity index (χ1n) is 6.42. The van der Waals surface area contributed by atoms with Gasteiger partial charge in [0.2, 0.25) is 5.91 Å². The monoisotopic (exact) mass is 299 g/mol. The topological polar surface area (TPSA) is 84.3 Å². The lowest BCUT2D eigenvalue weighted by Crippen LogP contribution is -2.46. The lowest BCUT2D eigenvalue weighted by atomic mass is 10.0. The van der Waals surface area contributed by atoms with Crippen molar-refractivity contribution in [3.05, 3.63) is 39.9 Å². The van der Waals surface area contributed by atoms with Gasteiger partial charge in [0.05, 0.1) is 11.0 Å². The Morgan fingerprint density at radius 1 is 1.40 bits per heavy atom. The summed E-state index contributed by atoms with van der Waals surface area (Å²) < 4.78 is 0. The number of benzene rings is 1. The molecule has 7 heteroatoms. The van der Waals surface area contributed by atoms with Crippen molar-refractivity contribution in [1.82, 2.24) is 10.6 Å².